The van der Waals surface area contributed by atoms with Crippen molar-refractivity contribution < 1.29 is 0 Å². The lowest BCUT2D eigenvalue weighted by Crippen LogP contribution is -2.00. The Morgan fingerprint density at radius 2 is 2.14 bits per heavy atom. The van der Waals surface area contributed by atoms with Crippen molar-refractivity contribution in [2.45, 2.75) is 25.8 Å². The molecule has 0 aliphatic heterocycles. The molecule has 4 heteroatoms. The van der Waals surface area contributed by atoms with Crippen molar-refractivity contribution in [3.63, 3.8) is 0 Å². The number of fused-ring (bicyclic) bond motifs is 1. The van der Waals surface area contributed by atoms with Crippen molar-refractivity contribution >= 4 is 17.0 Å². The second-order valence-corrected chi connectivity index (χ2v) is 6.39. The lowest BCUT2D eigenvalue weighted by atomic mass is 10.1. The molecule has 1 aliphatic rings. The second-order valence-electron chi connectivity index (χ2n) is 5.44. The van der Waals surface area contributed by atoms with Gasteiger partial charge in [0.1, 0.15) is 0 Å². The molecule has 2 aromatic heterocycles. The Bertz CT molecular complexity index is 743. The molecule has 4 rings (SSSR count). The van der Waals surface area contributed by atoms with E-state index < -0.39 is 0 Å². The average molecular weight is 295 g/mol. The third-order valence-corrected chi connectivity index (χ3v) is 4.95. The molecule has 0 saturated heterocycles. The van der Waals surface area contributed by atoms with Gasteiger partial charge >= 0.3 is 0 Å². The van der Waals surface area contributed by atoms with Crippen LogP contribution >= 0.6 is 11.3 Å². The van der Waals surface area contributed by atoms with Crippen LogP contribution in [0.25, 0.3) is 10.6 Å². The predicted octanol–water partition coefficient (Wildman–Crippen LogP) is 4.24. The number of nitrogens with one attached hydrogen (secondary N) is 2. The van der Waals surface area contributed by atoms with Crippen molar-refractivity contribution in [2.24, 2.45) is 0 Å². The zero-order valence-electron chi connectivity index (χ0n) is 11.7. The van der Waals surface area contributed by atoms with E-state index in [-0.39, 0.29) is 0 Å². The summed E-state index contributed by atoms with van der Waals surface area (Å²) in [4.78, 5) is 1.23. The van der Waals surface area contributed by atoms with Gasteiger partial charge in [0.05, 0.1) is 16.8 Å². The van der Waals surface area contributed by atoms with Crippen LogP contribution in [0.1, 0.15) is 23.1 Å². The SMILES string of the molecule is c1csc(-c2[nH]ncc2CNc2ccc3c(c2)CCC3)c1. The molecule has 2 heterocycles. The summed E-state index contributed by atoms with van der Waals surface area (Å²) >= 11 is 1.73. The van der Waals surface area contributed by atoms with E-state index in [9.17, 15) is 0 Å². The molecule has 0 unspecified atom stereocenters. The standard InChI is InChI=1S/C17H17N3S/c1-3-12-6-7-15(9-13(12)4-1)18-10-14-11-19-20-17(14)16-5-2-8-21-16/h2,5-9,11,18H,1,3-4,10H2,(H,19,20). The number of hydrogen-bond acceptors (Lipinski definition) is 3. The maximum atomic E-state index is 4.19. The van der Waals surface area contributed by atoms with Crippen molar-refractivity contribution in [1.29, 1.82) is 0 Å². The highest BCUT2D eigenvalue weighted by Crippen LogP contribution is 2.28. The Kier molecular flexibility index (Phi) is 3.24. The normalized spacial score (nSPS) is 13.3. The summed E-state index contributed by atoms with van der Waals surface area (Å²) in [6.45, 7) is 0.794. The van der Waals surface area contributed by atoms with Gasteiger partial charge in [0.2, 0.25) is 0 Å². The van der Waals surface area contributed by atoms with Gasteiger partial charge in [0, 0.05) is 17.8 Å². The van der Waals surface area contributed by atoms with E-state index in [1.54, 1.807) is 11.3 Å². The summed E-state index contributed by atoms with van der Waals surface area (Å²) in [5.74, 6) is 0. The van der Waals surface area contributed by atoms with Crippen molar-refractivity contribution in [2.75, 3.05) is 5.32 Å². The molecule has 0 saturated carbocycles. The van der Waals surface area contributed by atoms with Gasteiger partial charge in [-0.1, -0.05) is 12.1 Å². The van der Waals surface area contributed by atoms with Crippen molar-refractivity contribution in [1.82, 2.24) is 10.2 Å². The lowest BCUT2D eigenvalue weighted by molar-refractivity contribution is 0.912. The number of aromatic amines is 1. The van der Waals surface area contributed by atoms with Crippen LogP contribution in [-0.4, -0.2) is 10.2 Å². The van der Waals surface area contributed by atoms with Gasteiger partial charge in [-0.05, 0) is 54.0 Å². The molecule has 0 radical (unpaired) electrons. The minimum absolute atomic E-state index is 0.794. The second kappa shape index (κ2) is 5.37. The first kappa shape index (κ1) is 12.7. The van der Waals surface area contributed by atoms with Crippen molar-refractivity contribution in [3.8, 4) is 10.6 Å². The number of rotatable bonds is 4. The topological polar surface area (TPSA) is 40.7 Å². The van der Waals surface area contributed by atoms with Crippen LogP contribution in [-0.2, 0) is 19.4 Å². The highest BCUT2D eigenvalue weighted by Gasteiger charge is 2.12. The van der Waals surface area contributed by atoms with Crippen LogP contribution in [0, 0.1) is 0 Å². The molecule has 0 atom stereocenters. The highest BCUT2D eigenvalue weighted by atomic mass is 32.1. The average Bonchev–Trinajstić information content (AvgIpc) is 3.24. The molecule has 0 fully saturated rings. The maximum Gasteiger partial charge on any atom is 0.0799 e. The van der Waals surface area contributed by atoms with E-state index in [0.717, 1.165) is 12.2 Å². The first-order valence-corrected chi connectivity index (χ1v) is 8.20. The number of H-pyrrole nitrogens is 1. The van der Waals surface area contributed by atoms with E-state index >= 15 is 0 Å². The summed E-state index contributed by atoms with van der Waals surface area (Å²) < 4.78 is 0. The summed E-state index contributed by atoms with van der Waals surface area (Å²) in [6.07, 6.45) is 5.66. The Hall–Kier alpha value is -2.07. The molecule has 1 aliphatic carbocycles. The number of benzene rings is 1. The minimum atomic E-state index is 0.794. The smallest absolute Gasteiger partial charge is 0.0799 e. The van der Waals surface area contributed by atoms with Gasteiger partial charge in [-0.2, -0.15) is 5.10 Å². The molecule has 2 N–H and O–H groups in total. The zero-order chi connectivity index (χ0) is 14.1. The van der Waals surface area contributed by atoms with E-state index in [1.807, 2.05) is 6.20 Å². The number of nitrogens with zero attached hydrogens (tertiary/aromatic N) is 1. The number of thiophene rings is 1. The van der Waals surface area contributed by atoms with E-state index in [1.165, 1.54) is 46.5 Å². The van der Waals surface area contributed by atoms with Gasteiger partial charge in [-0.3, -0.25) is 5.10 Å². The summed E-state index contributed by atoms with van der Waals surface area (Å²) in [6, 6.07) is 10.9. The fourth-order valence-electron chi connectivity index (χ4n) is 2.96. The number of anilines is 1. The largest absolute Gasteiger partial charge is 0.381 e. The molecule has 3 aromatic rings. The van der Waals surface area contributed by atoms with Crippen LogP contribution < -0.4 is 5.32 Å². The molecule has 106 valence electrons. The molecular formula is C17H17N3S. The first-order chi connectivity index (χ1) is 10.4. The zero-order valence-corrected chi connectivity index (χ0v) is 12.5. The number of aryl methyl sites for hydroxylation is 2. The molecular weight excluding hydrogens is 278 g/mol. The molecule has 21 heavy (non-hydrogen) atoms. The predicted molar refractivity (Wildman–Crippen MR) is 87.7 cm³/mol. The minimum Gasteiger partial charge on any atom is -0.381 e. The fourth-order valence-corrected chi connectivity index (χ4v) is 3.71. The highest BCUT2D eigenvalue weighted by molar-refractivity contribution is 7.13. The van der Waals surface area contributed by atoms with Gasteiger partial charge in [0.15, 0.2) is 0 Å². The molecule has 0 amide bonds. The summed E-state index contributed by atoms with van der Waals surface area (Å²) in [7, 11) is 0. The molecule has 0 spiro atoms. The lowest BCUT2D eigenvalue weighted by Gasteiger charge is -2.08. The summed E-state index contributed by atoms with van der Waals surface area (Å²) in [5, 5.41) is 12.9. The fraction of sp³-hybridized carbons (Fsp3) is 0.235. The van der Waals surface area contributed by atoms with Gasteiger partial charge in [-0.25, -0.2) is 0 Å². The Morgan fingerprint density at radius 3 is 3.05 bits per heavy atom. The number of aromatic nitrogens is 2. The third kappa shape index (κ3) is 2.47. The van der Waals surface area contributed by atoms with Gasteiger partial charge < -0.3 is 5.32 Å². The Balaban J connectivity index is 1.51. The monoisotopic (exact) mass is 295 g/mol. The van der Waals surface area contributed by atoms with Gasteiger partial charge in [-0.15, -0.1) is 11.3 Å². The molecule has 3 nitrogen and oxygen atoms in total. The van der Waals surface area contributed by atoms with Crippen LogP contribution in [0.15, 0.2) is 41.9 Å². The summed E-state index contributed by atoms with van der Waals surface area (Å²) in [5.41, 5.74) is 6.55. The van der Waals surface area contributed by atoms with E-state index in [2.05, 4.69) is 51.2 Å². The van der Waals surface area contributed by atoms with Crippen LogP contribution in [0.5, 0.6) is 0 Å². The number of hydrogen-bond donors (Lipinski definition) is 2. The third-order valence-electron chi connectivity index (χ3n) is 4.07. The van der Waals surface area contributed by atoms with Crippen LogP contribution in [0.4, 0.5) is 5.69 Å². The maximum absolute atomic E-state index is 4.19. The Labute approximate surface area is 128 Å². The quantitative estimate of drug-likeness (QED) is 0.756. The Morgan fingerprint density at radius 1 is 1.19 bits per heavy atom. The van der Waals surface area contributed by atoms with E-state index in [4.69, 9.17) is 0 Å². The van der Waals surface area contributed by atoms with Crippen LogP contribution in [0.3, 0.4) is 0 Å². The van der Waals surface area contributed by atoms with Crippen LogP contribution in [0.2, 0.25) is 0 Å². The van der Waals surface area contributed by atoms with Crippen molar-refractivity contribution in [3.05, 3.63) is 58.6 Å². The van der Waals surface area contributed by atoms with E-state index in [0.29, 0.717) is 0 Å². The molecule has 1 aromatic carbocycles. The van der Waals surface area contributed by atoms with Gasteiger partial charge in [0.25, 0.3) is 0 Å². The first-order valence-electron chi connectivity index (χ1n) is 7.32. The molecule has 0 bridgehead atoms.